The average molecular weight is 609 g/mol. The first-order valence-corrected chi connectivity index (χ1v) is 12.6. The Bertz CT molecular complexity index is 1260. The first-order chi connectivity index (χ1) is 15.7. The second kappa shape index (κ2) is 9.56. The summed E-state index contributed by atoms with van der Waals surface area (Å²) in [6.07, 6.45) is 4.55. The molecular formula is C22H22BrIN6O2. The number of pyridine rings is 1. The molecule has 166 valence electrons. The monoisotopic (exact) mass is 608 g/mol. The van der Waals surface area contributed by atoms with Crippen LogP contribution in [-0.4, -0.2) is 49.6 Å². The molecule has 3 aromatic heterocycles. The van der Waals surface area contributed by atoms with E-state index in [1.807, 2.05) is 30.5 Å². The van der Waals surface area contributed by atoms with Crippen LogP contribution in [0.2, 0.25) is 0 Å². The van der Waals surface area contributed by atoms with E-state index in [1.165, 1.54) is 0 Å². The molecular weight excluding hydrogens is 587 g/mol. The van der Waals surface area contributed by atoms with Crippen molar-refractivity contribution in [1.82, 2.24) is 24.9 Å². The minimum absolute atomic E-state index is 0.0229. The molecule has 0 amide bonds. The van der Waals surface area contributed by atoms with E-state index in [0.717, 1.165) is 45.2 Å². The standard InChI is InChI=1S/C22H22BrIN6O2/c23-20-18(10-27-17-5-6-31-11-19(17)32-12-24)29-22-15(9-28-30(22)21(20)25)14-7-13-3-1-2-4-16(13)26-8-14/h1-4,7-9,17,19,27H,5-6,10-12,25H2/t17?,19-/m1/s1. The zero-order valence-electron chi connectivity index (χ0n) is 17.2. The number of halogens is 2. The number of nitrogens with zero attached hydrogens (tertiary/aromatic N) is 4. The minimum atomic E-state index is 0.0229. The van der Waals surface area contributed by atoms with Crippen LogP contribution in [0.3, 0.4) is 0 Å². The number of nitrogen functional groups attached to an aromatic ring is 1. The van der Waals surface area contributed by atoms with Gasteiger partial charge in [0.15, 0.2) is 5.65 Å². The van der Waals surface area contributed by atoms with Crippen molar-refractivity contribution in [2.75, 3.05) is 23.6 Å². The van der Waals surface area contributed by atoms with E-state index in [9.17, 15) is 0 Å². The third-order valence-corrected chi connectivity index (χ3v) is 6.93. The molecule has 32 heavy (non-hydrogen) atoms. The molecule has 4 aromatic rings. The summed E-state index contributed by atoms with van der Waals surface area (Å²) in [5, 5.41) is 9.13. The summed E-state index contributed by atoms with van der Waals surface area (Å²) in [7, 11) is 0. The summed E-state index contributed by atoms with van der Waals surface area (Å²) in [5.41, 5.74) is 10.7. The summed E-state index contributed by atoms with van der Waals surface area (Å²) in [5.74, 6) is 0.513. The molecule has 0 saturated carbocycles. The molecule has 0 bridgehead atoms. The molecule has 4 heterocycles. The Balaban J connectivity index is 1.48. The lowest BCUT2D eigenvalue weighted by Gasteiger charge is -2.31. The Morgan fingerprint density at radius 1 is 1.31 bits per heavy atom. The number of aromatic nitrogens is 4. The molecule has 3 N–H and O–H groups in total. The summed E-state index contributed by atoms with van der Waals surface area (Å²) < 4.78 is 14.4. The van der Waals surface area contributed by atoms with Crippen molar-refractivity contribution in [2.45, 2.75) is 25.1 Å². The lowest BCUT2D eigenvalue weighted by atomic mass is 10.1. The van der Waals surface area contributed by atoms with Gasteiger partial charge in [0.2, 0.25) is 0 Å². The topological polar surface area (TPSA) is 99.6 Å². The molecule has 1 aliphatic heterocycles. The quantitative estimate of drug-likeness (QED) is 0.253. The smallest absolute Gasteiger partial charge is 0.165 e. The molecule has 5 rings (SSSR count). The summed E-state index contributed by atoms with van der Waals surface area (Å²) in [6, 6.07) is 10.3. The highest BCUT2D eigenvalue weighted by molar-refractivity contribution is 14.1. The Kier molecular flexibility index (Phi) is 6.56. The number of alkyl halides is 1. The fourth-order valence-corrected chi connectivity index (χ4v) is 4.86. The number of fused-ring (bicyclic) bond motifs is 2. The van der Waals surface area contributed by atoms with Gasteiger partial charge in [-0.25, -0.2) is 4.98 Å². The Hall–Kier alpha value is -1.86. The zero-order chi connectivity index (χ0) is 22.1. The molecule has 1 saturated heterocycles. The molecule has 0 spiro atoms. The van der Waals surface area contributed by atoms with E-state index in [2.05, 4.69) is 60.0 Å². The van der Waals surface area contributed by atoms with Crippen LogP contribution in [0, 0.1) is 0 Å². The van der Waals surface area contributed by atoms with Gasteiger partial charge in [0.1, 0.15) is 5.82 Å². The van der Waals surface area contributed by atoms with E-state index in [0.29, 0.717) is 29.2 Å². The van der Waals surface area contributed by atoms with Crippen LogP contribution in [-0.2, 0) is 16.0 Å². The zero-order valence-corrected chi connectivity index (χ0v) is 20.9. The van der Waals surface area contributed by atoms with Gasteiger partial charge < -0.3 is 20.5 Å². The molecule has 1 fully saturated rings. The van der Waals surface area contributed by atoms with Crippen molar-refractivity contribution in [3.05, 3.63) is 52.9 Å². The van der Waals surface area contributed by atoms with Crippen molar-refractivity contribution in [1.29, 1.82) is 0 Å². The second-order valence-electron chi connectivity index (χ2n) is 7.63. The van der Waals surface area contributed by atoms with E-state index in [4.69, 9.17) is 20.2 Å². The highest BCUT2D eigenvalue weighted by atomic mass is 127. The maximum Gasteiger partial charge on any atom is 0.165 e. The number of hydrogen-bond acceptors (Lipinski definition) is 7. The molecule has 1 unspecified atom stereocenters. The van der Waals surface area contributed by atoms with E-state index < -0.39 is 0 Å². The molecule has 0 radical (unpaired) electrons. The predicted molar refractivity (Wildman–Crippen MR) is 136 cm³/mol. The van der Waals surface area contributed by atoms with Crippen LogP contribution in [0.5, 0.6) is 0 Å². The lowest BCUT2D eigenvalue weighted by molar-refractivity contribution is -0.0525. The largest absolute Gasteiger partial charge is 0.383 e. The van der Waals surface area contributed by atoms with Gasteiger partial charge in [0, 0.05) is 41.9 Å². The van der Waals surface area contributed by atoms with Gasteiger partial charge in [-0.15, -0.1) is 0 Å². The van der Waals surface area contributed by atoms with Crippen LogP contribution in [0.25, 0.3) is 27.7 Å². The van der Waals surface area contributed by atoms with E-state index in [-0.39, 0.29) is 12.1 Å². The first-order valence-electron chi connectivity index (χ1n) is 10.3. The fourth-order valence-electron chi connectivity index (χ4n) is 4.00. The van der Waals surface area contributed by atoms with Crippen molar-refractivity contribution in [3.63, 3.8) is 0 Å². The summed E-state index contributed by atoms with van der Waals surface area (Å²) >= 11 is 5.83. The van der Waals surface area contributed by atoms with Gasteiger partial charge in [0.25, 0.3) is 0 Å². The molecule has 1 aliphatic rings. The maximum absolute atomic E-state index is 6.41. The third kappa shape index (κ3) is 4.21. The van der Waals surface area contributed by atoms with Crippen LogP contribution < -0.4 is 11.1 Å². The van der Waals surface area contributed by atoms with Crippen LogP contribution >= 0.6 is 38.5 Å². The number of rotatable bonds is 6. The van der Waals surface area contributed by atoms with Crippen LogP contribution in [0.15, 0.2) is 47.2 Å². The molecule has 10 heteroatoms. The van der Waals surface area contributed by atoms with Gasteiger partial charge >= 0.3 is 0 Å². The van der Waals surface area contributed by atoms with E-state index in [1.54, 1.807) is 10.7 Å². The number of nitrogens with two attached hydrogens (primary N) is 1. The Labute approximate surface area is 207 Å². The Morgan fingerprint density at radius 2 is 2.19 bits per heavy atom. The minimum Gasteiger partial charge on any atom is -0.383 e. The molecule has 8 nitrogen and oxygen atoms in total. The molecule has 1 aromatic carbocycles. The van der Waals surface area contributed by atoms with Gasteiger partial charge in [0.05, 0.1) is 39.2 Å². The van der Waals surface area contributed by atoms with E-state index >= 15 is 0 Å². The number of benzene rings is 1. The normalized spacial score (nSPS) is 19.1. The number of ether oxygens (including phenoxy) is 2. The van der Waals surface area contributed by atoms with Gasteiger partial charge in [-0.1, -0.05) is 40.8 Å². The highest BCUT2D eigenvalue weighted by Gasteiger charge is 2.26. The lowest BCUT2D eigenvalue weighted by Crippen LogP contribution is -2.47. The highest BCUT2D eigenvalue weighted by Crippen LogP contribution is 2.31. The third-order valence-electron chi connectivity index (χ3n) is 5.71. The summed E-state index contributed by atoms with van der Waals surface area (Å²) in [4.78, 5) is 9.50. The van der Waals surface area contributed by atoms with Crippen LogP contribution in [0.1, 0.15) is 12.1 Å². The Morgan fingerprint density at radius 3 is 3.06 bits per heavy atom. The van der Waals surface area contributed by atoms with Gasteiger partial charge in [-0.05, 0) is 34.5 Å². The predicted octanol–water partition coefficient (Wildman–Crippen LogP) is 3.95. The fraction of sp³-hybridized carbons (Fsp3) is 0.318. The van der Waals surface area contributed by atoms with Crippen molar-refractivity contribution in [2.24, 2.45) is 0 Å². The van der Waals surface area contributed by atoms with Crippen molar-refractivity contribution in [3.8, 4) is 11.1 Å². The van der Waals surface area contributed by atoms with Crippen molar-refractivity contribution >= 4 is 60.9 Å². The first kappa shape index (κ1) is 22.0. The average Bonchev–Trinajstić information content (AvgIpc) is 3.25. The molecule has 2 atom stereocenters. The maximum atomic E-state index is 6.41. The van der Waals surface area contributed by atoms with Gasteiger partial charge in [-0.3, -0.25) is 4.98 Å². The number of nitrogens with one attached hydrogen (secondary N) is 1. The van der Waals surface area contributed by atoms with Gasteiger partial charge in [-0.2, -0.15) is 9.61 Å². The SMILES string of the molecule is Nc1c(Br)c(CNC2CCOC[C@H]2OCI)nc2c(-c3cnc4ccccc4c3)cnn12. The number of hydrogen-bond donors (Lipinski definition) is 2. The summed E-state index contributed by atoms with van der Waals surface area (Å²) in [6.45, 7) is 1.86. The molecule has 0 aliphatic carbocycles. The number of para-hydroxylation sites is 1. The van der Waals surface area contributed by atoms with Crippen LogP contribution in [0.4, 0.5) is 5.82 Å². The van der Waals surface area contributed by atoms with Crippen molar-refractivity contribution < 1.29 is 9.47 Å². The number of anilines is 1. The second-order valence-corrected chi connectivity index (χ2v) is 9.05.